The first-order valence-electron chi connectivity index (χ1n) is 6.22. The largest absolute Gasteiger partial charge is 0.399 e. The van der Waals surface area contributed by atoms with Crippen molar-refractivity contribution in [2.24, 2.45) is 8.73 Å². The quantitative estimate of drug-likeness (QED) is 0.568. The van der Waals surface area contributed by atoms with Crippen LogP contribution in [0.4, 0.5) is 22.7 Å². The summed E-state index contributed by atoms with van der Waals surface area (Å²) in [6, 6.07) is 13.0. The van der Waals surface area contributed by atoms with Gasteiger partial charge in [0.25, 0.3) is 0 Å². The van der Waals surface area contributed by atoms with Gasteiger partial charge >= 0.3 is 0 Å². The Kier molecular flexibility index (Phi) is 4.03. The topological polar surface area (TPSA) is 79.8 Å². The van der Waals surface area contributed by atoms with Crippen LogP contribution in [0.25, 0.3) is 0 Å². The summed E-state index contributed by atoms with van der Waals surface area (Å²) in [6.45, 7) is 0. The van der Waals surface area contributed by atoms with E-state index in [0.717, 1.165) is 27.6 Å². The van der Waals surface area contributed by atoms with Crippen LogP contribution in [0.1, 0.15) is 0 Å². The highest BCUT2D eigenvalue weighted by Gasteiger charge is 2.12. The molecular formula is C14H12N4OS2. The maximum atomic E-state index is 12.0. The standard InChI is InChI=1S/C14H12N4OS2/c15-9-3-1-4-10(7-9)20-8-13(19)16-11-5-2-6-12-14(11)18-21-17-12/h1-7H,8,15H2,(H,16,19). The monoisotopic (exact) mass is 316 g/mol. The molecule has 3 N–H and O–H groups in total. The van der Waals surface area contributed by atoms with Gasteiger partial charge in [-0.1, -0.05) is 12.1 Å². The minimum atomic E-state index is -0.0806. The second kappa shape index (κ2) is 6.11. The zero-order chi connectivity index (χ0) is 14.7. The number of hydrogen-bond donors (Lipinski definition) is 2. The third kappa shape index (κ3) is 3.32. The molecule has 1 amide bonds. The molecule has 1 aliphatic rings. The second-order valence-electron chi connectivity index (χ2n) is 4.35. The van der Waals surface area contributed by atoms with Gasteiger partial charge in [0.15, 0.2) is 0 Å². The summed E-state index contributed by atoms with van der Waals surface area (Å²) in [4.78, 5) is 13.0. The Balaban J connectivity index is 1.63. The molecule has 2 aromatic carbocycles. The molecular weight excluding hydrogens is 304 g/mol. The van der Waals surface area contributed by atoms with Crippen LogP contribution >= 0.6 is 11.8 Å². The van der Waals surface area contributed by atoms with Crippen LogP contribution in [-0.4, -0.2) is 11.7 Å². The van der Waals surface area contributed by atoms with E-state index in [2.05, 4.69) is 14.0 Å². The zero-order valence-electron chi connectivity index (χ0n) is 10.9. The number of benzene rings is 2. The lowest BCUT2D eigenvalue weighted by molar-refractivity contribution is -0.113. The molecule has 0 spiro atoms. The molecule has 0 saturated carbocycles. The number of fused-ring (bicyclic) bond motifs is 1. The molecule has 0 saturated heterocycles. The maximum absolute atomic E-state index is 12.0. The minimum absolute atomic E-state index is 0.0806. The van der Waals surface area contributed by atoms with Crippen LogP contribution in [0.3, 0.4) is 0 Å². The number of nitrogen functional groups attached to an aromatic ring is 1. The molecule has 21 heavy (non-hydrogen) atoms. The van der Waals surface area contributed by atoms with Gasteiger partial charge in [-0.05, 0) is 30.3 Å². The van der Waals surface area contributed by atoms with Gasteiger partial charge in [0.1, 0.15) is 11.4 Å². The average Bonchev–Trinajstić information content (AvgIpc) is 2.95. The molecule has 1 aliphatic heterocycles. The van der Waals surface area contributed by atoms with Gasteiger partial charge in [-0.25, -0.2) is 0 Å². The zero-order valence-corrected chi connectivity index (χ0v) is 12.6. The molecule has 0 aliphatic carbocycles. The highest BCUT2D eigenvalue weighted by molar-refractivity contribution is 8.00. The molecule has 0 bridgehead atoms. The first kappa shape index (κ1) is 13.8. The van der Waals surface area contributed by atoms with Crippen LogP contribution in [0.15, 0.2) is 56.1 Å². The lowest BCUT2D eigenvalue weighted by Gasteiger charge is -2.07. The van der Waals surface area contributed by atoms with Gasteiger partial charge in [0.2, 0.25) is 5.91 Å². The van der Waals surface area contributed by atoms with Crippen molar-refractivity contribution in [3.8, 4) is 0 Å². The van der Waals surface area contributed by atoms with Crippen molar-refractivity contribution in [3.63, 3.8) is 0 Å². The summed E-state index contributed by atoms with van der Waals surface area (Å²) in [6.07, 6.45) is 0. The Morgan fingerprint density at radius 1 is 1.24 bits per heavy atom. The van der Waals surface area contributed by atoms with Gasteiger partial charge in [0.05, 0.1) is 22.8 Å². The van der Waals surface area contributed by atoms with Crippen LogP contribution in [0.5, 0.6) is 0 Å². The van der Waals surface area contributed by atoms with Crippen LogP contribution < -0.4 is 11.1 Å². The van der Waals surface area contributed by atoms with E-state index in [9.17, 15) is 4.79 Å². The smallest absolute Gasteiger partial charge is 0.234 e. The lowest BCUT2D eigenvalue weighted by atomic mass is 10.2. The highest BCUT2D eigenvalue weighted by atomic mass is 32.2. The Morgan fingerprint density at radius 3 is 2.95 bits per heavy atom. The predicted octanol–water partition coefficient (Wildman–Crippen LogP) is 3.73. The van der Waals surface area contributed by atoms with Gasteiger partial charge in [-0.3, -0.25) is 4.79 Å². The lowest BCUT2D eigenvalue weighted by Crippen LogP contribution is -2.14. The predicted molar refractivity (Wildman–Crippen MR) is 88.2 cm³/mol. The number of carbonyl (C=O) groups is 1. The van der Waals surface area contributed by atoms with Crippen molar-refractivity contribution in [2.75, 3.05) is 16.8 Å². The number of nitrogens with zero attached hydrogens (tertiary/aromatic N) is 2. The molecule has 1 heterocycles. The van der Waals surface area contributed by atoms with E-state index in [1.165, 1.54) is 11.8 Å². The molecule has 0 radical (unpaired) electrons. The number of carbonyl (C=O) groups excluding carboxylic acids is 1. The van der Waals surface area contributed by atoms with E-state index in [4.69, 9.17) is 5.73 Å². The van der Waals surface area contributed by atoms with Gasteiger partial charge in [-0.15, -0.1) is 11.8 Å². The normalized spacial score (nSPS) is 11.8. The number of thioether (sulfide) groups is 1. The van der Waals surface area contributed by atoms with Gasteiger partial charge < -0.3 is 11.1 Å². The Hall–Kier alpha value is -2.12. The van der Waals surface area contributed by atoms with Crippen molar-refractivity contribution < 1.29 is 4.79 Å². The summed E-state index contributed by atoms with van der Waals surface area (Å²) < 4.78 is 8.34. The molecule has 3 rings (SSSR count). The Labute approximate surface area is 129 Å². The SMILES string of the molecule is Nc1cccc(SCC(=O)Nc2cccc3c2N=S=N3)c1. The number of hydrogen-bond acceptors (Lipinski definition) is 5. The fourth-order valence-corrected chi connectivity index (χ4v) is 3.16. The van der Waals surface area contributed by atoms with Crippen molar-refractivity contribution >= 4 is 51.8 Å². The number of amides is 1. The number of nitrogens with one attached hydrogen (secondary N) is 1. The third-order valence-electron chi connectivity index (χ3n) is 2.79. The van der Waals surface area contributed by atoms with E-state index in [0.29, 0.717) is 17.1 Å². The molecule has 5 nitrogen and oxygen atoms in total. The molecule has 0 atom stereocenters. The van der Waals surface area contributed by atoms with Gasteiger partial charge in [0, 0.05) is 10.6 Å². The number of anilines is 2. The Morgan fingerprint density at radius 2 is 2.10 bits per heavy atom. The van der Waals surface area contributed by atoms with Crippen LogP contribution in [0.2, 0.25) is 0 Å². The van der Waals surface area contributed by atoms with Crippen molar-refractivity contribution in [1.82, 2.24) is 0 Å². The fraction of sp³-hybridized carbons (Fsp3) is 0.0714. The van der Waals surface area contributed by atoms with E-state index < -0.39 is 0 Å². The molecule has 0 fully saturated rings. The fourth-order valence-electron chi connectivity index (χ4n) is 1.85. The van der Waals surface area contributed by atoms with Crippen molar-refractivity contribution in [3.05, 3.63) is 42.5 Å². The molecule has 0 unspecified atom stereocenters. The minimum Gasteiger partial charge on any atom is -0.399 e. The number of nitrogens with two attached hydrogens (primary N) is 1. The summed E-state index contributed by atoms with van der Waals surface area (Å²) in [7, 11) is 0. The highest BCUT2D eigenvalue weighted by Crippen LogP contribution is 2.38. The van der Waals surface area contributed by atoms with E-state index in [1.54, 1.807) is 0 Å². The summed E-state index contributed by atoms with van der Waals surface area (Å²) >= 11 is 2.58. The maximum Gasteiger partial charge on any atom is 0.234 e. The first-order valence-corrected chi connectivity index (χ1v) is 7.93. The van der Waals surface area contributed by atoms with Crippen molar-refractivity contribution in [2.45, 2.75) is 4.90 Å². The molecule has 0 aromatic heterocycles. The van der Waals surface area contributed by atoms with Gasteiger partial charge in [-0.2, -0.15) is 8.73 Å². The first-order chi connectivity index (χ1) is 10.2. The summed E-state index contributed by atoms with van der Waals surface area (Å²) in [5.41, 5.74) is 8.62. The summed E-state index contributed by atoms with van der Waals surface area (Å²) in [5, 5.41) is 2.87. The molecule has 7 heteroatoms. The number of rotatable bonds is 4. The third-order valence-corrected chi connectivity index (χ3v) is 4.32. The van der Waals surface area contributed by atoms with Crippen molar-refractivity contribution in [1.29, 1.82) is 0 Å². The summed E-state index contributed by atoms with van der Waals surface area (Å²) in [5.74, 6) is 0.236. The van der Waals surface area contributed by atoms with E-state index in [-0.39, 0.29) is 5.91 Å². The van der Waals surface area contributed by atoms with Crippen LogP contribution in [-0.2, 0) is 16.1 Å². The van der Waals surface area contributed by atoms with E-state index >= 15 is 0 Å². The van der Waals surface area contributed by atoms with E-state index in [1.807, 2.05) is 42.5 Å². The molecule has 106 valence electrons. The average molecular weight is 316 g/mol. The second-order valence-corrected chi connectivity index (χ2v) is 5.92. The Bertz CT molecular complexity index is 769. The molecule has 2 aromatic rings. The van der Waals surface area contributed by atoms with Crippen LogP contribution in [0, 0.1) is 0 Å².